The number of benzene rings is 2. The standard InChI is InChI=1S/C23H24F2N2O5/c24-16-5-3-14(4-6-16)21(29)23(30)26-18(13-27-7-1-2-8-27)20(28)15-11-17(25)22-19(12-15)31-9-10-32-22/h3-6,11-12,18,20,28H,1-2,7-10,13H2,(H,26,30)/t18-,20+/m1/s1. The molecule has 2 aromatic rings. The topological polar surface area (TPSA) is 88.1 Å². The van der Waals surface area contributed by atoms with Crippen molar-refractivity contribution in [1.29, 1.82) is 0 Å². The van der Waals surface area contributed by atoms with E-state index in [4.69, 9.17) is 9.47 Å². The van der Waals surface area contributed by atoms with E-state index in [2.05, 4.69) is 10.2 Å². The zero-order valence-corrected chi connectivity index (χ0v) is 17.4. The van der Waals surface area contributed by atoms with Crippen molar-refractivity contribution in [2.45, 2.75) is 25.0 Å². The maximum atomic E-state index is 14.5. The van der Waals surface area contributed by atoms with Crippen LogP contribution in [0.15, 0.2) is 36.4 Å². The normalized spacial score (nSPS) is 17.6. The molecule has 2 aliphatic heterocycles. The van der Waals surface area contributed by atoms with Crippen molar-refractivity contribution in [2.75, 3.05) is 32.8 Å². The van der Waals surface area contributed by atoms with E-state index in [9.17, 15) is 23.5 Å². The summed E-state index contributed by atoms with van der Waals surface area (Å²) in [6, 6.07) is 6.37. The van der Waals surface area contributed by atoms with E-state index in [0.29, 0.717) is 0 Å². The number of nitrogens with zero attached hydrogens (tertiary/aromatic N) is 1. The molecule has 2 aliphatic rings. The van der Waals surface area contributed by atoms with Crippen LogP contribution in [0, 0.1) is 11.6 Å². The molecular weight excluding hydrogens is 422 g/mol. The van der Waals surface area contributed by atoms with Crippen LogP contribution in [-0.2, 0) is 4.79 Å². The van der Waals surface area contributed by atoms with Crippen molar-refractivity contribution < 1.29 is 33.0 Å². The lowest BCUT2D eigenvalue weighted by molar-refractivity contribution is -0.118. The third kappa shape index (κ3) is 4.89. The van der Waals surface area contributed by atoms with Gasteiger partial charge in [-0.2, -0.15) is 0 Å². The van der Waals surface area contributed by atoms with E-state index in [0.717, 1.165) is 44.1 Å². The van der Waals surface area contributed by atoms with Crippen LogP contribution in [0.1, 0.15) is 34.9 Å². The van der Waals surface area contributed by atoms with Crippen LogP contribution in [0.2, 0.25) is 0 Å². The molecular formula is C23H24F2N2O5. The lowest BCUT2D eigenvalue weighted by Gasteiger charge is -2.29. The molecule has 1 fully saturated rings. The Labute approximate surface area is 183 Å². The number of likely N-dealkylation sites (tertiary alicyclic amines) is 1. The number of carbonyl (C=O) groups is 2. The van der Waals surface area contributed by atoms with Gasteiger partial charge in [-0.25, -0.2) is 8.78 Å². The van der Waals surface area contributed by atoms with Crippen molar-refractivity contribution in [3.8, 4) is 11.5 Å². The van der Waals surface area contributed by atoms with Gasteiger partial charge in [0.25, 0.3) is 5.91 Å². The van der Waals surface area contributed by atoms with Crippen LogP contribution >= 0.6 is 0 Å². The van der Waals surface area contributed by atoms with Gasteiger partial charge < -0.3 is 24.8 Å². The molecule has 4 rings (SSSR count). The molecule has 1 amide bonds. The fourth-order valence-electron chi connectivity index (χ4n) is 3.97. The number of Topliss-reactive ketones (excluding diaryl/α,β-unsaturated/α-hetero) is 1. The van der Waals surface area contributed by atoms with Crippen molar-refractivity contribution in [2.24, 2.45) is 0 Å². The number of hydrogen-bond donors (Lipinski definition) is 2. The minimum absolute atomic E-state index is 0.0150. The van der Waals surface area contributed by atoms with E-state index >= 15 is 0 Å². The zero-order valence-electron chi connectivity index (χ0n) is 17.4. The Morgan fingerprint density at radius 1 is 1.06 bits per heavy atom. The van der Waals surface area contributed by atoms with Crippen molar-refractivity contribution in [1.82, 2.24) is 10.2 Å². The number of hydrogen-bond acceptors (Lipinski definition) is 6. The molecule has 0 aliphatic carbocycles. The predicted octanol–water partition coefficient (Wildman–Crippen LogP) is 2.23. The lowest BCUT2D eigenvalue weighted by Crippen LogP contribution is -2.48. The highest BCUT2D eigenvalue weighted by Gasteiger charge is 2.31. The number of nitrogens with one attached hydrogen (secondary N) is 1. The van der Waals surface area contributed by atoms with E-state index in [-0.39, 0.29) is 42.4 Å². The second kappa shape index (κ2) is 9.62. The second-order valence-electron chi connectivity index (χ2n) is 7.90. The largest absolute Gasteiger partial charge is 0.486 e. The highest BCUT2D eigenvalue weighted by atomic mass is 19.1. The lowest BCUT2D eigenvalue weighted by atomic mass is 10.00. The molecule has 2 aromatic carbocycles. The van der Waals surface area contributed by atoms with Crippen molar-refractivity contribution in [3.63, 3.8) is 0 Å². The summed E-state index contributed by atoms with van der Waals surface area (Å²) in [4.78, 5) is 27.2. The summed E-state index contributed by atoms with van der Waals surface area (Å²) in [5.74, 6) is -2.82. The first kappa shape index (κ1) is 22.2. The first-order valence-corrected chi connectivity index (χ1v) is 10.5. The van der Waals surface area contributed by atoms with Crippen LogP contribution in [0.5, 0.6) is 11.5 Å². The van der Waals surface area contributed by atoms with Gasteiger partial charge in [-0.05, 0) is 67.9 Å². The summed E-state index contributed by atoms with van der Waals surface area (Å²) in [7, 11) is 0. The van der Waals surface area contributed by atoms with E-state index in [1.807, 2.05) is 0 Å². The van der Waals surface area contributed by atoms with Crippen LogP contribution < -0.4 is 14.8 Å². The van der Waals surface area contributed by atoms with Crippen molar-refractivity contribution >= 4 is 11.7 Å². The van der Waals surface area contributed by atoms with Gasteiger partial charge >= 0.3 is 0 Å². The molecule has 0 unspecified atom stereocenters. The summed E-state index contributed by atoms with van der Waals surface area (Å²) in [5, 5.41) is 13.6. The van der Waals surface area contributed by atoms with Gasteiger partial charge in [-0.1, -0.05) is 0 Å². The summed E-state index contributed by atoms with van der Waals surface area (Å²) in [6.07, 6.45) is 0.680. The molecule has 0 spiro atoms. The monoisotopic (exact) mass is 446 g/mol. The van der Waals surface area contributed by atoms with Crippen LogP contribution in [-0.4, -0.2) is 60.6 Å². The average Bonchev–Trinajstić information content (AvgIpc) is 3.31. The third-order valence-electron chi connectivity index (χ3n) is 5.62. The molecule has 0 saturated carbocycles. The quantitative estimate of drug-likeness (QED) is 0.501. The first-order valence-electron chi connectivity index (χ1n) is 10.5. The molecule has 1 saturated heterocycles. The molecule has 0 aromatic heterocycles. The average molecular weight is 446 g/mol. The number of amides is 1. The molecule has 7 nitrogen and oxygen atoms in total. The molecule has 0 radical (unpaired) electrons. The SMILES string of the molecule is O=C(N[C@H](CN1CCCC1)[C@@H](O)c1cc(F)c2c(c1)OCCO2)C(=O)c1ccc(F)cc1. The van der Waals surface area contributed by atoms with Crippen LogP contribution in [0.4, 0.5) is 8.78 Å². The van der Waals surface area contributed by atoms with Gasteiger partial charge in [0.2, 0.25) is 5.78 Å². The van der Waals surface area contributed by atoms with Gasteiger partial charge in [-0.15, -0.1) is 0 Å². The Bertz CT molecular complexity index is 993. The predicted molar refractivity (Wildman–Crippen MR) is 111 cm³/mol. The van der Waals surface area contributed by atoms with Crippen LogP contribution in [0.3, 0.4) is 0 Å². The molecule has 2 heterocycles. The van der Waals surface area contributed by atoms with E-state index in [1.54, 1.807) is 0 Å². The smallest absolute Gasteiger partial charge is 0.292 e. The number of rotatable bonds is 7. The Morgan fingerprint density at radius 2 is 1.75 bits per heavy atom. The van der Waals surface area contributed by atoms with E-state index in [1.165, 1.54) is 18.2 Å². The van der Waals surface area contributed by atoms with E-state index < -0.39 is 35.5 Å². The molecule has 32 heavy (non-hydrogen) atoms. The Morgan fingerprint density at radius 3 is 2.47 bits per heavy atom. The minimum Gasteiger partial charge on any atom is -0.486 e. The number of fused-ring (bicyclic) bond motifs is 1. The molecule has 2 N–H and O–H groups in total. The third-order valence-corrected chi connectivity index (χ3v) is 5.62. The fourth-order valence-corrected chi connectivity index (χ4v) is 3.97. The first-order chi connectivity index (χ1) is 15.4. The second-order valence-corrected chi connectivity index (χ2v) is 7.90. The number of aliphatic hydroxyl groups excluding tert-OH is 1. The van der Waals surface area contributed by atoms with Gasteiger partial charge in [-0.3, -0.25) is 9.59 Å². The molecule has 0 bridgehead atoms. The highest BCUT2D eigenvalue weighted by Crippen LogP contribution is 2.36. The summed E-state index contributed by atoms with van der Waals surface area (Å²) < 4.78 is 38.4. The molecule has 170 valence electrons. The number of ether oxygens (including phenoxy) is 2. The fraction of sp³-hybridized carbons (Fsp3) is 0.391. The van der Waals surface area contributed by atoms with Crippen LogP contribution in [0.25, 0.3) is 0 Å². The van der Waals surface area contributed by atoms with Gasteiger partial charge in [0.1, 0.15) is 25.1 Å². The maximum absolute atomic E-state index is 14.5. The summed E-state index contributed by atoms with van der Waals surface area (Å²) >= 11 is 0. The Kier molecular flexibility index (Phi) is 6.66. The van der Waals surface area contributed by atoms with Crippen molar-refractivity contribution in [3.05, 3.63) is 59.2 Å². The Hall–Kier alpha value is -3.04. The maximum Gasteiger partial charge on any atom is 0.292 e. The summed E-state index contributed by atoms with van der Waals surface area (Å²) in [6.45, 7) is 2.34. The summed E-state index contributed by atoms with van der Waals surface area (Å²) in [5.41, 5.74) is 0.231. The Balaban J connectivity index is 1.55. The zero-order chi connectivity index (χ0) is 22.7. The highest BCUT2D eigenvalue weighted by molar-refractivity contribution is 6.42. The number of aliphatic hydroxyl groups is 1. The number of halogens is 2. The van der Waals surface area contributed by atoms with Gasteiger partial charge in [0.05, 0.1) is 6.04 Å². The minimum atomic E-state index is -1.30. The van der Waals surface area contributed by atoms with Gasteiger partial charge in [0.15, 0.2) is 17.3 Å². The number of carbonyl (C=O) groups excluding carboxylic acids is 2. The number of ketones is 1. The van der Waals surface area contributed by atoms with Gasteiger partial charge in [0, 0.05) is 12.1 Å². The molecule has 9 heteroatoms. The molecule has 2 atom stereocenters.